The Hall–Kier alpha value is -1.44. The van der Waals surface area contributed by atoms with E-state index in [4.69, 9.17) is 0 Å². The average Bonchev–Trinajstić information content (AvgIpc) is 3.06. The molecule has 1 aliphatic carbocycles. The van der Waals surface area contributed by atoms with Crippen LogP contribution in [0.4, 0.5) is 0 Å². The SMILES string of the molecule is CCCCS(=O)(=O)N1CCC2(CC1)C[C@@H](CC(=O)N1CCN(C)CC1)c1ccccc12. The number of piperazine rings is 1. The number of sulfonamides is 1. The highest BCUT2D eigenvalue weighted by molar-refractivity contribution is 7.89. The van der Waals surface area contributed by atoms with E-state index in [1.807, 2.05) is 11.8 Å². The van der Waals surface area contributed by atoms with Gasteiger partial charge in [-0.05, 0) is 55.2 Å². The maximum absolute atomic E-state index is 13.0. The Morgan fingerprint density at radius 2 is 1.74 bits per heavy atom. The zero-order chi connectivity index (χ0) is 22.1. The van der Waals surface area contributed by atoms with Gasteiger partial charge < -0.3 is 9.80 Å². The molecule has 1 aromatic rings. The number of carbonyl (C=O) groups is 1. The minimum Gasteiger partial charge on any atom is -0.340 e. The van der Waals surface area contributed by atoms with Gasteiger partial charge in [-0.3, -0.25) is 4.79 Å². The second-order valence-electron chi connectivity index (χ2n) is 9.73. The lowest BCUT2D eigenvalue weighted by atomic mass is 9.73. The van der Waals surface area contributed by atoms with Gasteiger partial charge >= 0.3 is 0 Å². The highest BCUT2D eigenvalue weighted by Crippen LogP contribution is 2.53. The Morgan fingerprint density at radius 3 is 2.42 bits per heavy atom. The lowest BCUT2D eigenvalue weighted by Gasteiger charge is -2.40. The summed E-state index contributed by atoms with van der Waals surface area (Å²) in [5.41, 5.74) is 2.68. The summed E-state index contributed by atoms with van der Waals surface area (Å²) in [7, 11) is -1.05. The lowest BCUT2D eigenvalue weighted by Crippen LogP contribution is -2.47. The van der Waals surface area contributed by atoms with Gasteiger partial charge in [-0.15, -0.1) is 0 Å². The van der Waals surface area contributed by atoms with Crippen molar-refractivity contribution in [3.63, 3.8) is 0 Å². The minimum atomic E-state index is -3.15. The molecule has 1 atom stereocenters. The van der Waals surface area contributed by atoms with Gasteiger partial charge in [0.05, 0.1) is 5.75 Å². The van der Waals surface area contributed by atoms with Crippen LogP contribution < -0.4 is 0 Å². The molecule has 31 heavy (non-hydrogen) atoms. The molecule has 2 heterocycles. The summed E-state index contributed by atoms with van der Waals surface area (Å²) in [6.45, 7) is 6.75. The quantitative estimate of drug-likeness (QED) is 0.673. The van der Waals surface area contributed by atoms with E-state index in [-0.39, 0.29) is 23.0 Å². The molecule has 0 unspecified atom stereocenters. The standard InChI is InChI=1S/C24H37N3O3S/c1-3-4-17-31(29,30)27-11-9-24(10-12-27)19-20(21-7-5-6-8-22(21)24)18-23(28)26-15-13-25(2)14-16-26/h5-8,20H,3-4,9-19H2,1-2H3/t20-/m1/s1. The van der Waals surface area contributed by atoms with Crippen LogP contribution >= 0.6 is 0 Å². The van der Waals surface area contributed by atoms with Crippen molar-refractivity contribution in [1.29, 1.82) is 0 Å². The predicted octanol–water partition coefficient (Wildman–Crippen LogP) is 2.80. The molecule has 6 nitrogen and oxygen atoms in total. The average molecular weight is 448 g/mol. The Morgan fingerprint density at radius 1 is 1.06 bits per heavy atom. The smallest absolute Gasteiger partial charge is 0.223 e. The number of piperidine rings is 1. The van der Waals surface area contributed by atoms with Crippen molar-refractivity contribution in [1.82, 2.24) is 14.1 Å². The number of rotatable bonds is 6. The van der Waals surface area contributed by atoms with E-state index < -0.39 is 10.0 Å². The molecule has 0 radical (unpaired) electrons. The number of hydrogen-bond donors (Lipinski definition) is 0. The molecule has 0 aromatic heterocycles. The first-order chi connectivity index (χ1) is 14.8. The van der Waals surface area contributed by atoms with E-state index in [0.29, 0.717) is 19.5 Å². The van der Waals surface area contributed by atoms with Crippen molar-refractivity contribution in [3.8, 4) is 0 Å². The Labute approximate surface area is 187 Å². The number of likely N-dealkylation sites (N-methyl/N-ethyl adjacent to an activating group) is 1. The first kappa shape index (κ1) is 22.7. The molecule has 0 bridgehead atoms. The summed E-state index contributed by atoms with van der Waals surface area (Å²) in [6.07, 6.45) is 4.87. The molecule has 7 heteroatoms. The van der Waals surface area contributed by atoms with E-state index in [0.717, 1.165) is 58.3 Å². The fraction of sp³-hybridized carbons (Fsp3) is 0.708. The summed E-state index contributed by atoms with van der Waals surface area (Å²) >= 11 is 0. The van der Waals surface area contributed by atoms with Crippen molar-refractivity contribution >= 4 is 15.9 Å². The van der Waals surface area contributed by atoms with Gasteiger partial charge in [0.15, 0.2) is 0 Å². The molecule has 1 aromatic carbocycles. The highest BCUT2D eigenvalue weighted by atomic mass is 32.2. The molecular weight excluding hydrogens is 410 g/mol. The van der Waals surface area contributed by atoms with E-state index in [9.17, 15) is 13.2 Å². The molecule has 0 saturated carbocycles. The van der Waals surface area contributed by atoms with Crippen molar-refractivity contribution in [3.05, 3.63) is 35.4 Å². The molecule has 3 aliphatic rings. The molecular formula is C24H37N3O3S. The molecule has 2 aliphatic heterocycles. The first-order valence-corrected chi connectivity index (χ1v) is 13.5. The van der Waals surface area contributed by atoms with E-state index >= 15 is 0 Å². The second kappa shape index (κ2) is 9.20. The van der Waals surface area contributed by atoms with Gasteiger partial charge in [0, 0.05) is 45.7 Å². The first-order valence-electron chi connectivity index (χ1n) is 11.9. The van der Waals surface area contributed by atoms with E-state index in [1.54, 1.807) is 4.31 Å². The molecule has 172 valence electrons. The normalized spacial score (nSPS) is 24.5. The maximum Gasteiger partial charge on any atom is 0.223 e. The van der Waals surface area contributed by atoms with Crippen LogP contribution in [-0.4, -0.2) is 80.5 Å². The summed E-state index contributed by atoms with van der Waals surface area (Å²) in [5, 5.41) is 0. The number of unbranched alkanes of at least 4 members (excludes halogenated alkanes) is 1. The number of carbonyl (C=O) groups excluding carboxylic acids is 1. The predicted molar refractivity (Wildman–Crippen MR) is 124 cm³/mol. The van der Waals surface area contributed by atoms with Crippen LogP contribution in [-0.2, 0) is 20.2 Å². The van der Waals surface area contributed by atoms with Gasteiger partial charge in [-0.2, -0.15) is 0 Å². The zero-order valence-corrected chi connectivity index (χ0v) is 19.9. The van der Waals surface area contributed by atoms with Crippen molar-refractivity contribution < 1.29 is 13.2 Å². The summed E-state index contributed by atoms with van der Waals surface area (Å²) < 4.78 is 27.1. The third kappa shape index (κ3) is 4.69. The molecule has 2 saturated heterocycles. The van der Waals surface area contributed by atoms with Gasteiger partial charge in [0.25, 0.3) is 0 Å². The van der Waals surface area contributed by atoms with Crippen LogP contribution in [0.25, 0.3) is 0 Å². The summed E-state index contributed by atoms with van der Waals surface area (Å²) in [4.78, 5) is 17.3. The molecule has 0 N–H and O–H groups in total. The Balaban J connectivity index is 1.45. The maximum atomic E-state index is 13.0. The van der Waals surface area contributed by atoms with Crippen molar-refractivity contribution in [2.75, 3.05) is 52.1 Å². The number of benzene rings is 1. The highest BCUT2D eigenvalue weighted by Gasteiger charge is 2.47. The van der Waals surface area contributed by atoms with E-state index in [1.165, 1.54) is 11.1 Å². The van der Waals surface area contributed by atoms with Crippen LogP contribution in [0.5, 0.6) is 0 Å². The van der Waals surface area contributed by atoms with Crippen LogP contribution in [0.3, 0.4) is 0 Å². The second-order valence-corrected chi connectivity index (χ2v) is 11.8. The van der Waals surface area contributed by atoms with Crippen molar-refractivity contribution in [2.24, 2.45) is 0 Å². The number of amides is 1. The minimum absolute atomic E-state index is 0.0143. The van der Waals surface area contributed by atoms with Crippen molar-refractivity contribution in [2.45, 2.75) is 56.8 Å². The molecule has 4 rings (SSSR count). The van der Waals surface area contributed by atoms with Crippen LogP contribution in [0, 0.1) is 0 Å². The zero-order valence-electron chi connectivity index (χ0n) is 19.1. The Kier molecular flexibility index (Phi) is 6.75. The molecule has 1 amide bonds. The largest absolute Gasteiger partial charge is 0.340 e. The van der Waals surface area contributed by atoms with Gasteiger partial charge in [0.1, 0.15) is 0 Å². The number of hydrogen-bond acceptors (Lipinski definition) is 4. The van der Waals surface area contributed by atoms with Crippen LogP contribution in [0.1, 0.15) is 62.5 Å². The van der Waals surface area contributed by atoms with Gasteiger partial charge in [-0.25, -0.2) is 12.7 Å². The third-order valence-electron chi connectivity index (χ3n) is 7.71. The van der Waals surface area contributed by atoms with E-state index in [2.05, 4.69) is 36.2 Å². The topological polar surface area (TPSA) is 60.9 Å². The number of nitrogens with zero attached hydrogens (tertiary/aromatic N) is 3. The molecule has 1 spiro atoms. The van der Waals surface area contributed by atoms with Gasteiger partial charge in [0.2, 0.25) is 15.9 Å². The van der Waals surface area contributed by atoms with Crippen LogP contribution in [0.2, 0.25) is 0 Å². The molecule has 2 fully saturated rings. The fourth-order valence-corrected chi connectivity index (χ4v) is 7.38. The summed E-state index contributed by atoms with van der Waals surface area (Å²) in [5.74, 6) is 0.769. The lowest BCUT2D eigenvalue weighted by molar-refractivity contribution is -0.133. The van der Waals surface area contributed by atoms with Crippen LogP contribution in [0.15, 0.2) is 24.3 Å². The Bertz CT molecular complexity index is 885. The monoisotopic (exact) mass is 447 g/mol. The number of fused-ring (bicyclic) bond motifs is 2. The summed E-state index contributed by atoms with van der Waals surface area (Å²) in [6, 6.07) is 8.58. The van der Waals surface area contributed by atoms with Gasteiger partial charge in [-0.1, -0.05) is 37.6 Å². The fourth-order valence-electron chi connectivity index (χ4n) is 5.73. The third-order valence-corrected chi connectivity index (χ3v) is 9.67.